The van der Waals surface area contributed by atoms with Crippen molar-refractivity contribution in [3.8, 4) is 0 Å². The lowest BCUT2D eigenvalue weighted by atomic mass is 10.2. The number of nitrogens with one attached hydrogen (secondary N) is 1. The van der Waals surface area contributed by atoms with Crippen molar-refractivity contribution in [2.45, 2.75) is 17.6 Å². The molecule has 8 heteroatoms. The molecule has 1 N–H and O–H groups in total. The third-order valence-corrected chi connectivity index (χ3v) is 5.90. The van der Waals surface area contributed by atoms with Gasteiger partial charge in [0.1, 0.15) is 0 Å². The number of sulfonamides is 1. The highest BCUT2D eigenvalue weighted by atomic mass is 32.2. The predicted molar refractivity (Wildman–Crippen MR) is 87.3 cm³/mol. The Morgan fingerprint density at radius 3 is 2.54 bits per heavy atom. The Kier molecular flexibility index (Phi) is 4.37. The first-order chi connectivity index (χ1) is 11.3. The minimum absolute atomic E-state index is 0.0165. The van der Waals surface area contributed by atoms with E-state index in [2.05, 4.69) is 4.72 Å². The van der Waals surface area contributed by atoms with E-state index in [4.69, 9.17) is 0 Å². The molecule has 3 rings (SSSR count). The molecule has 3 nitrogen and oxygen atoms in total. The Bertz CT molecular complexity index is 978. The molecule has 1 aromatic heterocycles. The van der Waals surface area contributed by atoms with Gasteiger partial charge in [0.15, 0.2) is 0 Å². The van der Waals surface area contributed by atoms with Crippen molar-refractivity contribution in [3.63, 3.8) is 0 Å². The van der Waals surface area contributed by atoms with Crippen LogP contribution < -0.4 is 4.72 Å². The van der Waals surface area contributed by atoms with E-state index in [9.17, 15) is 21.6 Å². The van der Waals surface area contributed by atoms with Gasteiger partial charge in [-0.2, -0.15) is 13.2 Å². The van der Waals surface area contributed by atoms with Crippen molar-refractivity contribution >= 4 is 31.4 Å². The molecule has 0 fully saturated rings. The minimum Gasteiger partial charge on any atom is -0.207 e. The number of thiophene rings is 1. The Balaban J connectivity index is 1.84. The predicted octanol–water partition coefficient (Wildman–Crippen LogP) is 4.40. The van der Waals surface area contributed by atoms with Gasteiger partial charge in [0, 0.05) is 11.2 Å². The molecular weight excluding hydrogens is 359 g/mol. The van der Waals surface area contributed by atoms with Gasteiger partial charge in [-0.1, -0.05) is 24.3 Å². The zero-order valence-corrected chi connectivity index (χ0v) is 13.8. The van der Waals surface area contributed by atoms with Gasteiger partial charge in [0.2, 0.25) is 10.0 Å². The zero-order chi connectivity index (χ0) is 17.4. The lowest BCUT2D eigenvalue weighted by Gasteiger charge is -2.10. The number of halogens is 3. The van der Waals surface area contributed by atoms with Crippen LogP contribution in [-0.2, 0) is 22.7 Å². The van der Waals surface area contributed by atoms with Crippen molar-refractivity contribution < 1.29 is 21.6 Å². The van der Waals surface area contributed by atoms with Gasteiger partial charge in [0.05, 0.1) is 10.5 Å². The van der Waals surface area contributed by atoms with Crippen molar-refractivity contribution in [2.75, 3.05) is 0 Å². The first-order valence-corrected chi connectivity index (χ1v) is 9.26. The molecule has 0 saturated carbocycles. The maximum atomic E-state index is 12.7. The minimum atomic E-state index is -4.59. The van der Waals surface area contributed by atoms with E-state index in [1.54, 1.807) is 0 Å². The van der Waals surface area contributed by atoms with Crippen LogP contribution in [0.5, 0.6) is 0 Å². The second kappa shape index (κ2) is 6.19. The smallest absolute Gasteiger partial charge is 0.207 e. The van der Waals surface area contributed by atoms with Crippen LogP contribution in [0.1, 0.15) is 11.1 Å². The Morgan fingerprint density at radius 2 is 1.79 bits per heavy atom. The molecule has 3 aromatic rings. The average Bonchev–Trinajstić information content (AvgIpc) is 2.96. The van der Waals surface area contributed by atoms with Gasteiger partial charge in [-0.3, -0.25) is 0 Å². The highest BCUT2D eigenvalue weighted by Gasteiger charge is 2.31. The first-order valence-electron chi connectivity index (χ1n) is 6.89. The Morgan fingerprint density at radius 1 is 1.04 bits per heavy atom. The van der Waals surface area contributed by atoms with E-state index in [1.807, 2.05) is 29.6 Å². The molecule has 0 bridgehead atoms. The van der Waals surface area contributed by atoms with Crippen molar-refractivity contribution in [1.82, 2.24) is 4.72 Å². The maximum absolute atomic E-state index is 12.7. The molecule has 24 heavy (non-hydrogen) atoms. The molecule has 0 atom stereocenters. The summed E-state index contributed by atoms with van der Waals surface area (Å²) in [7, 11) is -4.03. The lowest BCUT2D eigenvalue weighted by Crippen LogP contribution is -2.23. The standard InChI is InChI=1S/C16H12F3NO2S2/c17-16(18,19)12-4-3-5-13(8-12)24(21,22)20-9-11-10-23-15-7-2-1-6-14(11)15/h1-8,10,20H,9H2. The highest BCUT2D eigenvalue weighted by Crippen LogP contribution is 2.30. The number of fused-ring (bicyclic) bond motifs is 1. The summed E-state index contributed by atoms with van der Waals surface area (Å²) in [4.78, 5) is -0.406. The maximum Gasteiger partial charge on any atom is 0.416 e. The summed E-state index contributed by atoms with van der Waals surface area (Å²) in [5.74, 6) is 0. The van der Waals surface area contributed by atoms with E-state index in [0.717, 1.165) is 33.8 Å². The van der Waals surface area contributed by atoms with Gasteiger partial charge in [0.25, 0.3) is 0 Å². The fourth-order valence-corrected chi connectivity index (χ4v) is 4.28. The molecular formula is C16H12F3NO2S2. The van der Waals surface area contributed by atoms with Crippen LogP contribution in [0.4, 0.5) is 13.2 Å². The number of hydrogen-bond donors (Lipinski definition) is 1. The quantitative estimate of drug-likeness (QED) is 0.739. The largest absolute Gasteiger partial charge is 0.416 e. The zero-order valence-electron chi connectivity index (χ0n) is 12.2. The number of alkyl halides is 3. The fourth-order valence-electron chi connectivity index (χ4n) is 2.27. The average molecular weight is 371 g/mol. The van der Waals surface area contributed by atoms with Crippen LogP contribution >= 0.6 is 11.3 Å². The molecule has 0 radical (unpaired) electrons. The molecule has 0 unspecified atom stereocenters. The van der Waals surface area contributed by atoms with Crippen molar-refractivity contribution in [2.24, 2.45) is 0 Å². The first kappa shape index (κ1) is 16.9. The summed E-state index contributed by atoms with van der Waals surface area (Å²) in [5.41, 5.74) is -0.211. The van der Waals surface area contributed by atoms with Crippen LogP contribution in [0, 0.1) is 0 Å². The molecule has 126 valence electrons. The van der Waals surface area contributed by atoms with Gasteiger partial charge in [-0.05, 0) is 40.6 Å². The summed E-state index contributed by atoms with van der Waals surface area (Å²) >= 11 is 1.48. The van der Waals surface area contributed by atoms with Crippen LogP contribution in [0.25, 0.3) is 10.1 Å². The number of hydrogen-bond acceptors (Lipinski definition) is 3. The summed E-state index contributed by atoms with van der Waals surface area (Å²) in [6.07, 6.45) is -4.59. The lowest BCUT2D eigenvalue weighted by molar-refractivity contribution is -0.137. The molecule has 0 aliphatic heterocycles. The second-order valence-corrected chi connectivity index (χ2v) is 7.79. The van der Waals surface area contributed by atoms with Crippen LogP contribution in [0.3, 0.4) is 0 Å². The van der Waals surface area contributed by atoms with E-state index in [1.165, 1.54) is 11.3 Å². The fraction of sp³-hybridized carbons (Fsp3) is 0.125. The SMILES string of the molecule is O=S(=O)(NCc1csc2ccccc12)c1cccc(C(F)(F)F)c1. The molecule has 0 amide bonds. The van der Waals surface area contributed by atoms with Crippen LogP contribution in [-0.4, -0.2) is 8.42 Å². The highest BCUT2D eigenvalue weighted by molar-refractivity contribution is 7.89. The number of benzene rings is 2. The van der Waals surface area contributed by atoms with E-state index in [-0.39, 0.29) is 6.54 Å². The van der Waals surface area contributed by atoms with Crippen molar-refractivity contribution in [1.29, 1.82) is 0 Å². The number of rotatable bonds is 4. The van der Waals surface area contributed by atoms with Crippen LogP contribution in [0.2, 0.25) is 0 Å². The molecule has 0 spiro atoms. The summed E-state index contributed by atoms with van der Waals surface area (Å²) in [5, 5.41) is 2.76. The monoisotopic (exact) mass is 371 g/mol. The molecule has 0 aliphatic rings. The normalized spacial score (nSPS) is 12.6. The molecule has 2 aromatic carbocycles. The third-order valence-electron chi connectivity index (χ3n) is 3.49. The molecule has 0 aliphatic carbocycles. The van der Waals surface area contributed by atoms with Gasteiger partial charge < -0.3 is 0 Å². The third kappa shape index (κ3) is 3.45. The Labute approximate surface area is 140 Å². The summed E-state index contributed by atoms with van der Waals surface area (Å²) in [6.45, 7) is 0.0165. The molecule has 0 saturated heterocycles. The van der Waals surface area contributed by atoms with Crippen molar-refractivity contribution in [3.05, 3.63) is 65.0 Å². The van der Waals surface area contributed by atoms with Gasteiger partial charge >= 0.3 is 6.18 Å². The van der Waals surface area contributed by atoms with E-state index >= 15 is 0 Å². The Hall–Kier alpha value is -1.90. The van der Waals surface area contributed by atoms with Crippen LogP contribution in [0.15, 0.2) is 58.8 Å². The van der Waals surface area contributed by atoms with E-state index in [0.29, 0.717) is 6.07 Å². The second-order valence-electron chi connectivity index (χ2n) is 5.11. The van der Waals surface area contributed by atoms with Gasteiger partial charge in [-0.25, -0.2) is 13.1 Å². The molecule has 1 heterocycles. The summed E-state index contributed by atoms with van der Waals surface area (Å²) < 4.78 is 66.1. The van der Waals surface area contributed by atoms with E-state index < -0.39 is 26.7 Å². The van der Waals surface area contributed by atoms with Gasteiger partial charge in [-0.15, -0.1) is 11.3 Å². The summed E-state index contributed by atoms with van der Waals surface area (Å²) in [6, 6.07) is 11.2. The topological polar surface area (TPSA) is 46.2 Å².